The van der Waals surface area contributed by atoms with Gasteiger partial charge in [-0.3, -0.25) is 0 Å². The fourth-order valence-corrected chi connectivity index (χ4v) is 1.57. The molecule has 1 N–H and O–H groups in total. The van der Waals surface area contributed by atoms with Gasteiger partial charge in [0.15, 0.2) is 0 Å². The lowest BCUT2D eigenvalue weighted by Gasteiger charge is -2.19. The zero-order valence-electron chi connectivity index (χ0n) is 12.5. The molecule has 0 radical (unpaired) electrons. The van der Waals surface area contributed by atoms with E-state index in [1.165, 1.54) is 0 Å². The van der Waals surface area contributed by atoms with Crippen LogP contribution in [0.1, 0.15) is 39.7 Å². The molecule has 19 heavy (non-hydrogen) atoms. The normalized spacial score (nSPS) is 11.6. The average molecular weight is 266 g/mol. The van der Waals surface area contributed by atoms with Crippen molar-refractivity contribution in [2.45, 2.75) is 46.3 Å². The highest BCUT2D eigenvalue weighted by Gasteiger charge is 2.10. The summed E-state index contributed by atoms with van der Waals surface area (Å²) >= 11 is 0. The number of pyridine rings is 1. The van der Waals surface area contributed by atoms with Crippen molar-refractivity contribution >= 4 is 0 Å². The molecule has 1 aromatic heterocycles. The fourth-order valence-electron chi connectivity index (χ4n) is 1.57. The highest BCUT2D eigenvalue weighted by Crippen LogP contribution is 2.14. The van der Waals surface area contributed by atoms with Crippen LogP contribution in [-0.2, 0) is 11.3 Å². The highest BCUT2D eigenvalue weighted by molar-refractivity contribution is 5.25. The fraction of sp³-hybridized carbons (Fsp3) is 0.667. The summed E-state index contributed by atoms with van der Waals surface area (Å²) in [5, 5.41) is 3.36. The molecule has 1 rings (SSSR count). The molecule has 4 nitrogen and oxygen atoms in total. The van der Waals surface area contributed by atoms with Crippen LogP contribution in [0.3, 0.4) is 0 Å². The Morgan fingerprint density at radius 3 is 2.74 bits per heavy atom. The minimum atomic E-state index is -0.126. The van der Waals surface area contributed by atoms with Gasteiger partial charge in [-0.05, 0) is 39.8 Å². The second-order valence-electron chi connectivity index (χ2n) is 5.45. The van der Waals surface area contributed by atoms with E-state index in [4.69, 9.17) is 9.47 Å². The molecule has 0 aliphatic rings. The largest absolute Gasteiger partial charge is 0.475 e. The number of hydrogen-bond donors (Lipinski definition) is 1. The lowest BCUT2D eigenvalue weighted by molar-refractivity contribution is -0.0169. The zero-order valence-corrected chi connectivity index (χ0v) is 12.5. The van der Waals surface area contributed by atoms with Crippen LogP contribution in [0.2, 0.25) is 0 Å². The summed E-state index contributed by atoms with van der Waals surface area (Å²) in [4.78, 5) is 4.27. The van der Waals surface area contributed by atoms with Crippen LogP contribution in [0.25, 0.3) is 0 Å². The second-order valence-corrected chi connectivity index (χ2v) is 5.45. The number of nitrogens with one attached hydrogen (secondary N) is 1. The maximum Gasteiger partial charge on any atom is 0.217 e. The monoisotopic (exact) mass is 266 g/mol. The van der Waals surface area contributed by atoms with Crippen molar-refractivity contribution in [3.05, 3.63) is 23.9 Å². The van der Waals surface area contributed by atoms with Gasteiger partial charge in [-0.2, -0.15) is 0 Å². The highest BCUT2D eigenvalue weighted by atomic mass is 16.5. The Labute approximate surface area is 116 Å². The predicted octanol–water partition coefficient (Wildman–Crippen LogP) is 2.78. The van der Waals surface area contributed by atoms with Gasteiger partial charge >= 0.3 is 0 Å². The van der Waals surface area contributed by atoms with Crippen LogP contribution in [0.5, 0.6) is 5.88 Å². The van der Waals surface area contributed by atoms with Crippen LogP contribution in [0.4, 0.5) is 0 Å². The third-order valence-electron chi connectivity index (χ3n) is 2.45. The van der Waals surface area contributed by atoms with Crippen molar-refractivity contribution in [2.75, 3.05) is 19.8 Å². The van der Waals surface area contributed by atoms with E-state index in [-0.39, 0.29) is 5.60 Å². The van der Waals surface area contributed by atoms with Crippen molar-refractivity contribution in [3.8, 4) is 5.88 Å². The molecule has 0 amide bonds. The van der Waals surface area contributed by atoms with Gasteiger partial charge in [0, 0.05) is 18.3 Å². The van der Waals surface area contributed by atoms with Crippen molar-refractivity contribution in [1.29, 1.82) is 0 Å². The Morgan fingerprint density at radius 2 is 2.05 bits per heavy atom. The number of rotatable bonds is 8. The van der Waals surface area contributed by atoms with Gasteiger partial charge in [0.05, 0.1) is 12.2 Å². The van der Waals surface area contributed by atoms with E-state index in [1.807, 2.05) is 32.9 Å². The van der Waals surface area contributed by atoms with E-state index >= 15 is 0 Å². The minimum Gasteiger partial charge on any atom is -0.475 e. The summed E-state index contributed by atoms with van der Waals surface area (Å²) in [5.41, 5.74) is 0.964. The molecule has 0 atom stereocenters. The Balaban J connectivity index is 2.39. The van der Waals surface area contributed by atoms with Gasteiger partial charge in [0.1, 0.15) is 6.61 Å². The Bertz CT molecular complexity index is 361. The number of ether oxygens (including phenoxy) is 2. The molecule has 0 spiro atoms. The van der Waals surface area contributed by atoms with Crippen molar-refractivity contribution < 1.29 is 9.47 Å². The molecule has 108 valence electrons. The lowest BCUT2D eigenvalue weighted by atomic mass is 10.2. The quantitative estimate of drug-likeness (QED) is 0.735. The van der Waals surface area contributed by atoms with Gasteiger partial charge < -0.3 is 14.8 Å². The average Bonchev–Trinajstić information content (AvgIpc) is 2.35. The third kappa shape index (κ3) is 7.13. The molecule has 0 aliphatic carbocycles. The summed E-state index contributed by atoms with van der Waals surface area (Å²) in [6.07, 6.45) is 2.87. The summed E-state index contributed by atoms with van der Waals surface area (Å²) < 4.78 is 11.3. The summed E-state index contributed by atoms with van der Waals surface area (Å²) in [6, 6.07) is 3.97. The molecule has 0 fully saturated rings. The smallest absolute Gasteiger partial charge is 0.217 e. The first kappa shape index (κ1) is 15.9. The van der Waals surface area contributed by atoms with Gasteiger partial charge in [-0.15, -0.1) is 0 Å². The Kier molecular flexibility index (Phi) is 6.81. The molecule has 0 aromatic carbocycles. The maximum absolute atomic E-state index is 5.69. The maximum atomic E-state index is 5.69. The van der Waals surface area contributed by atoms with Crippen molar-refractivity contribution in [3.63, 3.8) is 0 Å². The summed E-state index contributed by atoms with van der Waals surface area (Å²) in [7, 11) is 0. The molecule has 4 heteroatoms. The summed E-state index contributed by atoms with van der Waals surface area (Å²) in [6.45, 7) is 11.1. The standard InChI is InChI=1S/C15H26N2O2/c1-5-8-16-12-13-7-6-9-17-14(13)18-10-11-19-15(2,3)4/h6-7,9,16H,5,8,10-12H2,1-4H3. The molecule has 1 heterocycles. The van der Waals surface area contributed by atoms with Crippen LogP contribution >= 0.6 is 0 Å². The number of nitrogens with zero attached hydrogens (tertiary/aromatic N) is 1. The van der Waals surface area contributed by atoms with E-state index in [9.17, 15) is 0 Å². The van der Waals surface area contributed by atoms with Gasteiger partial charge in [-0.1, -0.05) is 13.0 Å². The Hall–Kier alpha value is -1.13. The molecule has 0 bridgehead atoms. The summed E-state index contributed by atoms with van der Waals surface area (Å²) in [5.74, 6) is 0.698. The molecule has 0 unspecified atom stereocenters. The van der Waals surface area contributed by atoms with E-state index in [0.717, 1.165) is 25.1 Å². The second kappa shape index (κ2) is 8.12. The van der Waals surface area contributed by atoms with Gasteiger partial charge in [0.25, 0.3) is 0 Å². The predicted molar refractivity (Wildman–Crippen MR) is 77.4 cm³/mol. The first-order chi connectivity index (χ1) is 9.03. The third-order valence-corrected chi connectivity index (χ3v) is 2.45. The van der Waals surface area contributed by atoms with Gasteiger partial charge in [0.2, 0.25) is 5.88 Å². The first-order valence-corrected chi connectivity index (χ1v) is 6.94. The molecule has 1 aromatic rings. The van der Waals surface area contributed by atoms with Crippen molar-refractivity contribution in [2.24, 2.45) is 0 Å². The van der Waals surface area contributed by atoms with E-state index in [1.54, 1.807) is 6.20 Å². The number of hydrogen-bond acceptors (Lipinski definition) is 4. The topological polar surface area (TPSA) is 43.4 Å². The van der Waals surface area contributed by atoms with Crippen LogP contribution in [0.15, 0.2) is 18.3 Å². The molecule has 0 aliphatic heterocycles. The van der Waals surface area contributed by atoms with Crippen LogP contribution in [0, 0.1) is 0 Å². The molecule has 0 saturated carbocycles. The van der Waals surface area contributed by atoms with Crippen LogP contribution < -0.4 is 10.1 Å². The minimum absolute atomic E-state index is 0.126. The molecular weight excluding hydrogens is 240 g/mol. The van der Waals surface area contributed by atoms with Crippen LogP contribution in [-0.4, -0.2) is 30.3 Å². The number of aromatic nitrogens is 1. The van der Waals surface area contributed by atoms with Crippen molar-refractivity contribution in [1.82, 2.24) is 10.3 Å². The van der Waals surface area contributed by atoms with E-state index < -0.39 is 0 Å². The van der Waals surface area contributed by atoms with E-state index in [2.05, 4.69) is 17.2 Å². The van der Waals surface area contributed by atoms with E-state index in [0.29, 0.717) is 19.1 Å². The lowest BCUT2D eigenvalue weighted by Crippen LogP contribution is -2.23. The Morgan fingerprint density at radius 1 is 1.26 bits per heavy atom. The molecular formula is C15H26N2O2. The zero-order chi connectivity index (χ0) is 14.1. The van der Waals surface area contributed by atoms with Gasteiger partial charge in [-0.25, -0.2) is 4.98 Å². The molecule has 0 saturated heterocycles. The SMILES string of the molecule is CCCNCc1cccnc1OCCOC(C)(C)C. The first-order valence-electron chi connectivity index (χ1n) is 6.94.